The zero-order valence-electron chi connectivity index (χ0n) is 16.1. The minimum atomic E-state index is -1.14. The number of aliphatic hydroxyl groups excluding tert-OH is 5. The van der Waals surface area contributed by atoms with Crippen LogP contribution in [0.2, 0.25) is 0 Å². The standard InChI is InChI=1S/C19H38O7/c1-2-3-4-5-6-7-8-9-25-16-19(13-23,14-24)17-26-15-18(10-20,11-21)12-22/h8-9,20-24H,2-7,10-17H2,1H3. The molecule has 0 aliphatic rings. The number of unbranched alkanes of at least 4 members (excludes halogenated alkanes) is 5. The second-order valence-electron chi connectivity index (χ2n) is 7.17. The summed E-state index contributed by atoms with van der Waals surface area (Å²) in [5.41, 5.74) is -2.13. The molecule has 0 aromatic heterocycles. The van der Waals surface area contributed by atoms with E-state index in [4.69, 9.17) is 9.47 Å². The maximum absolute atomic E-state index is 9.61. The van der Waals surface area contributed by atoms with Crippen molar-refractivity contribution in [2.24, 2.45) is 10.8 Å². The summed E-state index contributed by atoms with van der Waals surface area (Å²) in [6.45, 7) is 0.199. The molecule has 0 bridgehead atoms. The Bertz CT molecular complexity index is 331. The molecule has 0 aliphatic heterocycles. The number of aliphatic hydroxyl groups is 5. The highest BCUT2D eigenvalue weighted by atomic mass is 16.5. The maximum atomic E-state index is 9.61. The summed E-state index contributed by atoms with van der Waals surface area (Å²) >= 11 is 0. The van der Waals surface area contributed by atoms with E-state index in [1.54, 1.807) is 6.26 Å². The van der Waals surface area contributed by atoms with Crippen LogP contribution in [-0.4, -0.2) is 78.4 Å². The topological polar surface area (TPSA) is 120 Å². The summed E-state index contributed by atoms with van der Waals surface area (Å²) < 4.78 is 10.9. The fraction of sp³-hybridized carbons (Fsp3) is 0.895. The largest absolute Gasteiger partial charge is 0.501 e. The second kappa shape index (κ2) is 15.4. The minimum Gasteiger partial charge on any atom is -0.501 e. The molecule has 26 heavy (non-hydrogen) atoms. The van der Waals surface area contributed by atoms with Crippen molar-refractivity contribution in [2.75, 3.05) is 52.9 Å². The first-order chi connectivity index (χ1) is 12.6. The fourth-order valence-electron chi connectivity index (χ4n) is 2.27. The molecular formula is C19H38O7. The molecule has 0 amide bonds. The Balaban J connectivity index is 4.23. The molecule has 0 aromatic carbocycles. The number of rotatable bonds is 18. The average molecular weight is 379 g/mol. The highest BCUT2D eigenvalue weighted by Crippen LogP contribution is 2.21. The first-order valence-electron chi connectivity index (χ1n) is 9.46. The van der Waals surface area contributed by atoms with Crippen molar-refractivity contribution in [3.8, 4) is 0 Å². The number of hydrogen-bond donors (Lipinski definition) is 5. The Morgan fingerprint density at radius 2 is 1.23 bits per heavy atom. The van der Waals surface area contributed by atoms with Gasteiger partial charge in [0.05, 0.1) is 69.9 Å². The summed E-state index contributed by atoms with van der Waals surface area (Å²) in [5, 5.41) is 47.1. The van der Waals surface area contributed by atoms with E-state index in [-0.39, 0.29) is 33.0 Å². The number of hydrogen-bond acceptors (Lipinski definition) is 7. The lowest BCUT2D eigenvalue weighted by Gasteiger charge is -2.32. The molecule has 0 saturated carbocycles. The summed E-state index contributed by atoms with van der Waals surface area (Å²) in [7, 11) is 0. The van der Waals surface area contributed by atoms with Crippen LogP contribution in [0.25, 0.3) is 0 Å². The van der Waals surface area contributed by atoms with Gasteiger partial charge in [-0.2, -0.15) is 0 Å². The Morgan fingerprint density at radius 3 is 1.77 bits per heavy atom. The molecule has 0 aliphatic carbocycles. The van der Waals surface area contributed by atoms with E-state index in [9.17, 15) is 25.5 Å². The van der Waals surface area contributed by atoms with Crippen LogP contribution in [0.15, 0.2) is 12.3 Å². The van der Waals surface area contributed by atoms with Gasteiger partial charge in [-0.3, -0.25) is 0 Å². The summed E-state index contributed by atoms with van der Waals surface area (Å²) in [5.74, 6) is 0. The van der Waals surface area contributed by atoms with Gasteiger partial charge in [-0.15, -0.1) is 0 Å². The van der Waals surface area contributed by atoms with Crippen LogP contribution in [0.1, 0.15) is 45.4 Å². The minimum absolute atomic E-state index is 0.0212. The van der Waals surface area contributed by atoms with E-state index >= 15 is 0 Å². The molecule has 0 fully saturated rings. The molecule has 0 atom stereocenters. The predicted octanol–water partition coefficient (Wildman–Crippen LogP) is 0.828. The molecule has 5 N–H and O–H groups in total. The van der Waals surface area contributed by atoms with Gasteiger partial charge in [0.15, 0.2) is 0 Å². The third kappa shape index (κ3) is 9.85. The van der Waals surface area contributed by atoms with Crippen LogP contribution in [0.5, 0.6) is 0 Å². The van der Waals surface area contributed by atoms with Crippen LogP contribution >= 0.6 is 0 Å². The molecule has 0 saturated heterocycles. The van der Waals surface area contributed by atoms with Crippen LogP contribution in [0.4, 0.5) is 0 Å². The van der Waals surface area contributed by atoms with E-state index in [0.29, 0.717) is 0 Å². The van der Waals surface area contributed by atoms with E-state index in [1.165, 1.54) is 25.7 Å². The van der Waals surface area contributed by atoms with Gasteiger partial charge in [0, 0.05) is 0 Å². The molecule has 156 valence electrons. The highest BCUT2D eigenvalue weighted by molar-refractivity contribution is 4.82. The normalized spacial score (nSPS) is 12.8. The first kappa shape index (κ1) is 25.3. The second-order valence-corrected chi connectivity index (χ2v) is 7.17. The predicted molar refractivity (Wildman–Crippen MR) is 99.6 cm³/mol. The zero-order valence-corrected chi connectivity index (χ0v) is 16.1. The molecule has 7 nitrogen and oxygen atoms in total. The van der Waals surface area contributed by atoms with Gasteiger partial charge in [-0.25, -0.2) is 0 Å². The Kier molecular flexibility index (Phi) is 15.0. The van der Waals surface area contributed by atoms with Crippen LogP contribution in [0, 0.1) is 10.8 Å². The van der Waals surface area contributed by atoms with E-state index in [0.717, 1.165) is 12.8 Å². The van der Waals surface area contributed by atoms with Crippen molar-refractivity contribution in [1.82, 2.24) is 0 Å². The average Bonchev–Trinajstić information content (AvgIpc) is 2.69. The third-order valence-electron chi connectivity index (χ3n) is 4.55. The van der Waals surface area contributed by atoms with Crippen LogP contribution in [-0.2, 0) is 9.47 Å². The smallest absolute Gasteiger partial charge is 0.0995 e. The van der Waals surface area contributed by atoms with Gasteiger partial charge >= 0.3 is 0 Å². The van der Waals surface area contributed by atoms with Crippen molar-refractivity contribution in [3.63, 3.8) is 0 Å². The van der Waals surface area contributed by atoms with Crippen molar-refractivity contribution < 1.29 is 35.0 Å². The molecule has 7 heteroatoms. The first-order valence-corrected chi connectivity index (χ1v) is 9.46. The summed E-state index contributed by atoms with van der Waals surface area (Å²) in [6, 6.07) is 0. The van der Waals surface area contributed by atoms with Crippen molar-refractivity contribution in [1.29, 1.82) is 0 Å². The highest BCUT2D eigenvalue weighted by Gasteiger charge is 2.33. The Morgan fingerprint density at radius 1 is 0.692 bits per heavy atom. The number of allylic oxidation sites excluding steroid dienone is 1. The molecule has 0 spiro atoms. The SMILES string of the molecule is CCCCCCCC=COCC(CO)(CO)COCC(CO)(CO)CO. The quantitative estimate of drug-likeness (QED) is 0.177. The lowest BCUT2D eigenvalue weighted by molar-refractivity contribution is -0.104. The summed E-state index contributed by atoms with van der Waals surface area (Å²) in [6.07, 6.45) is 10.5. The fourth-order valence-corrected chi connectivity index (χ4v) is 2.27. The molecular weight excluding hydrogens is 340 g/mol. The number of ether oxygens (including phenoxy) is 2. The molecule has 0 heterocycles. The molecule has 0 unspecified atom stereocenters. The van der Waals surface area contributed by atoms with E-state index in [2.05, 4.69) is 6.92 Å². The Labute approximate surface area is 157 Å². The van der Waals surface area contributed by atoms with Gasteiger partial charge < -0.3 is 35.0 Å². The maximum Gasteiger partial charge on any atom is 0.0995 e. The van der Waals surface area contributed by atoms with Gasteiger partial charge in [-0.1, -0.05) is 32.6 Å². The van der Waals surface area contributed by atoms with Crippen molar-refractivity contribution >= 4 is 0 Å². The van der Waals surface area contributed by atoms with Gasteiger partial charge in [0.25, 0.3) is 0 Å². The van der Waals surface area contributed by atoms with E-state index in [1.807, 2.05) is 6.08 Å². The zero-order chi connectivity index (χ0) is 19.7. The lowest BCUT2D eigenvalue weighted by atomic mass is 9.91. The Hall–Kier alpha value is -0.700. The molecule has 0 aromatic rings. The van der Waals surface area contributed by atoms with Gasteiger partial charge in [0.2, 0.25) is 0 Å². The third-order valence-corrected chi connectivity index (χ3v) is 4.55. The van der Waals surface area contributed by atoms with Gasteiger partial charge in [0.1, 0.15) is 0 Å². The van der Waals surface area contributed by atoms with Crippen LogP contribution in [0.3, 0.4) is 0 Å². The molecule has 0 radical (unpaired) electrons. The van der Waals surface area contributed by atoms with E-state index < -0.39 is 30.7 Å². The van der Waals surface area contributed by atoms with Gasteiger partial charge in [-0.05, 0) is 18.9 Å². The van der Waals surface area contributed by atoms with Crippen molar-refractivity contribution in [3.05, 3.63) is 12.3 Å². The summed E-state index contributed by atoms with van der Waals surface area (Å²) in [4.78, 5) is 0. The van der Waals surface area contributed by atoms with Crippen LogP contribution < -0.4 is 0 Å². The van der Waals surface area contributed by atoms with Crippen molar-refractivity contribution in [2.45, 2.75) is 45.4 Å². The molecule has 0 rings (SSSR count). The monoisotopic (exact) mass is 378 g/mol. The lowest BCUT2D eigenvalue weighted by Crippen LogP contribution is -2.43.